The van der Waals surface area contributed by atoms with Crippen molar-refractivity contribution in [2.75, 3.05) is 10.6 Å². The molecular formula is C17H23N5O3. The first-order valence-corrected chi connectivity index (χ1v) is 7.94. The first-order valence-electron chi connectivity index (χ1n) is 7.94. The maximum absolute atomic E-state index is 12.1. The Morgan fingerprint density at radius 3 is 2.36 bits per heavy atom. The minimum Gasteiger partial charge on any atom is -0.337 e. The van der Waals surface area contributed by atoms with E-state index in [9.17, 15) is 9.59 Å². The molecule has 3 amide bonds. The van der Waals surface area contributed by atoms with Crippen molar-refractivity contribution in [2.24, 2.45) is 5.41 Å². The molecule has 0 bridgehead atoms. The largest absolute Gasteiger partial charge is 0.337 e. The normalized spacial score (nSPS) is 12.4. The summed E-state index contributed by atoms with van der Waals surface area (Å²) < 4.78 is 5.02. The van der Waals surface area contributed by atoms with E-state index in [-0.39, 0.29) is 5.91 Å². The van der Waals surface area contributed by atoms with Crippen molar-refractivity contribution in [3.05, 3.63) is 36.0 Å². The van der Waals surface area contributed by atoms with Gasteiger partial charge in [-0.3, -0.25) is 4.79 Å². The molecule has 1 atom stereocenters. The number of rotatable bonds is 4. The number of amides is 3. The Labute approximate surface area is 146 Å². The smallest absolute Gasteiger partial charge is 0.319 e. The van der Waals surface area contributed by atoms with E-state index in [0.717, 1.165) is 0 Å². The molecule has 0 spiro atoms. The molecule has 0 unspecified atom stereocenters. The van der Waals surface area contributed by atoms with Crippen LogP contribution in [-0.4, -0.2) is 22.1 Å². The van der Waals surface area contributed by atoms with Gasteiger partial charge in [-0.15, -0.1) is 0 Å². The third kappa shape index (κ3) is 5.30. The van der Waals surface area contributed by atoms with E-state index in [1.165, 1.54) is 0 Å². The van der Waals surface area contributed by atoms with Gasteiger partial charge in [0.05, 0.1) is 0 Å². The summed E-state index contributed by atoms with van der Waals surface area (Å²) >= 11 is 0. The predicted molar refractivity (Wildman–Crippen MR) is 94.1 cm³/mol. The molecular weight excluding hydrogens is 322 g/mol. The van der Waals surface area contributed by atoms with E-state index in [2.05, 4.69) is 26.1 Å². The average Bonchev–Trinajstić information content (AvgIpc) is 2.93. The number of carbonyl (C=O) groups excluding carboxylic acids is 2. The third-order valence-electron chi connectivity index (χ3n) is 3.32. The Hall–Kier alpha value is -2.90. The van der Waals surface area contributed by atoms with Crippen molar-refractivity contribution in [3.8, 4) is 0 Å². The van der Waals surface area contributed by atoms with Crippen molar-refractivity contribution in [2.45, 2.75) is 40.7 Å². The summed E-state index contributed by atoms with van der Waals surface area (Å²) in [7, 11) is 0. The van der Waals surface area contributed by atoms with Crippen molar-refractivity contribution in [1.29, 1.82) is 0 Å². The first-order chi connectivity index (χ1) is 11.6. The topological polar surface area (TPSA) is 109 Å². The lowest BCUT2D eigenvalue weighted by Crippen LogP contribution is -2.31. The minimum absolute atomic E-state index is 0.102. The lowest BCUT2D eigenvalue weighted by atomic mass is 9.95. The Morgan fingerprint density at radius 1 is 1.16 bits per heavy atom. The van der Waals surface area contributed by atoms with Gasteiger partial charge in [0, 0.05) is 16.8 Å². The molecule has 134 valence electrons. The van der Waals surface area contributed by atoms with Gasteiger partial charge in [0.25, 0.3) is 0 Å². The Kier molecular flexibility index (Phi) is 5.41. The Balaban J connectivity index is 1.97. The zero-order valence-electron chi connectivity index (χ0n) is 15.0. The maximum atomic E-state index is 12.1. The molecule has 0 saturated carbocycles. The number of urea groups is 1. The fraction of sp³-hybridized carbons (Fsp3) is 0.412. The van der Waals surface area contributed by atoms with Gasteiger partial charge < -0.3 is 20.5 Å². The Bertz CT molecular complexity index is 764. The van der Waals surface area contributed by atoms with E-state index in [1.807, 2.05) is 20.8 Å². The molecule has 0 aliphatic carbocycles. The molecule has 8 heteroatoms. The number of hydrogen-bond acceptors (Lipinski definition) is 5. The van der Waals surface area contributed by atoms with Crippen LogP contribution in [0.2, 0.25) is 0 Å². The first kappa shape index (κ1) is 18.4. The maximum Gasteiger partial charge on any atom is 0.319 e. The molecule has 2 rings (SSSR count). The van der Waals surface area contributed by atoms with Crippen LogP contribution >= 0.6 is 0 Å². The van der Waals surface area contributed by atoms with Gasteiger partial charge in [0.15, 0.2) is 5.82 Å². The number of anilines is 2. The zero-order valence-corrected chi connectivity index (χ0v) is 15.0. The number of nitrogens with one attached hydrogen (secondary N) is 3. The zero-order chi connectivity index (χ0) is 18.6. The summed E-state index contributed by atoms with van der Waals surface area (Å²) in [6.45, 7) is 8.94. The number of aromatic nitrogens is 2. The number of aryl methyl sites for hydroxylation is 1. The fourth-order valence-electron chi connectivity index (χ4n) is 1.91. The van der Waals surface area contributed by atoms with E-state index < -0.39 is 17.5 Å². The summed E-state index contributed by atoms with van der Waals surface area (Å²) in [5, 5.41) is 11.9. The second-order valence-electron chi connectivity index (χ2n) is 6.78. The summed E-state index contributed by atoms with van der Waals surface area (Å²) in [5.41, 5.74) is 0.662. The summed E-state index contributed by atoms with van der Waals surface area (Å²) in [4.78, 5) is 28.2. The van der Waals surface area contributed by atoms with Crippen molar-refractivity contribution in [3.63, 3.8) is 0 Å². The molecule has 1 heterocycles. The SMILES string of the molecule is Cc1noc([C@@H](C)NC(=O)Nc2cccc(NC(=O)C(C)(C)C)c2)n1. The van der Waals surface area contributed by atoms with Crippen LogP contribution in [0.1, 0.15) is 45.5 Å². The molecule has 0 aliphatic rings. The van der Waals surface area contributed by atoms with Crippen LogP contribution in [0, 0.1) is 12.3 Å². The highest BCUT2D eigenvalue weighted by Gasteiger charge is 2.21. The third-order valence-corrected chi connectivity index (χ3v) is 3.32. The summed E-state index contributed by atoms with van der Waals surface area (Å²) in [6.07, 6.45) is 0. The average molecular weight is 345 g/mol. The van der Waals surface area contributed by atoms with Crippen LogP contribution in [0.3, 0.4) is 0 Å². The second-order valence-corrected chi connectivity index (χ2v) is 6.78. The van der Waals surface area contributed by atoms with Crippen LogP contribution in [0.25, 0.3) is 0 Å². The van der Waals surface area contributed by atoms with Gasteiger partial charge >= 0.3 is 6.03 Å². The molecule has 1 aromatic heterocycles. The molecule has 1 aromatic carbocycles. The van der Waals surface area contributed by atoms with Crippen LogP contribution < -0.4 is 16.0 Å². The summed E-state index contributed by atoms with van der Waals surface area (Å²) in [6, 6.07) is 6.08. The number of benzene rings is 1. The van der Waals surface area contributed by atoms with E-state index >= 15 is 0 Å². The van der Waals surface area contributed by atoms with Gasteiger partial charge in [-0.05, 0) is 32.0 Å². The van der Waals surface area contributed by atoms with Crippen LogP contribution in [0.4, 0.5) is 16.2 Å². The van der Waals surface area contributed by atoms with Crippen molar-refractivity contribution < 1.29 is 14.1 Å². The van der Waals surface area contributed by atoms with Crippen LogP contribution in [0.15, 0.2) is 28.8 Å². The van der Waals surface area contributed by atoms with Gasteiger partial charge in [-0.1, -0.05) is 32.0 Å². The second kappa shape index (κ2) is 7.33. The highest BCUT2D eigenvalue weighted by molar-refractivity contribution is 5.96. The monoisotopic (exact) mass is 345 g/mol. The molecule has 8 nitrogen and oxygen atoms in total. The number of nitrogens with zero attached hydrogens (tertiary/aromatic N) is 2. The van der Waals surface area contributed by atoms with Gasteiger partial charge in [-0.2, -0.15) is 4.98 Å². The number of carbonyl (C=O) groups is 2. The van der Waals surface area contributed by atoms with Gasteiger partial charge in [-0.25, -0.2) is 4.79 Å². The van der Waals surface area contributed by atoms with Crippen LogP contribution in [0.5, 0.6) is 0 Å². The highest BCUT2D eigenvalue weighted by Crippen LogP contribution is 2.20. The molecule has 3 N–H and O–H groups in total. The minimum atomic E-state index is -0.502. The van der Waals surface area contributed by atoms with Crippen LogP contribution in [-0.2, 0) is 4.79 Å². The molecule has 0 radical (unpaired) electrons. The quantitative estimate of drug-likeness (QED) is 0.788. The lowest BCUT2D eigenvalue weighted by Gasteiger charge is -2.18. The Morgan fingerprint density at radius 2 is 1.80 bits per heavy atom. The van der Waals surface area contributed by atoms with Crippen molar-refractivity contribution >= 4 is 23.3 Å². The molecule has 25 heavy (non-hydrogen) atoms. The van der Waals surface area contributed by atoms with E-state index in [4.69, 9.17) is 4.52 Å². The summed E-state index contributed by atoms with van der Waals surface area (Å²) in [5.74, 6) is 0.736. The van der Waals surface area contributed by atoms with Gasteiger partial charge in [0.2, 0.25) is 11.8 Å². The highest BCUT2D eigenvalue weighted by atomic mass is 16.5. The predicted octanol–water partition coefficient (Wildman–Crippen LogP) is 3.25. The standard InChI is InChI=1S/C17H23N5O3/c1-10(14-19-11(2)22-25-14)18-16(24)21-13-8-6-7-12(9-13)20-15(23)17(3,4)5/h6-10H,1-5H3,(H,20,23)(H2,18,21,24)/t10-/m1/s1. The number of hydrogen-bond donors (Lipinski definition) is 3. The van der Waals surface area contributed by atoms with E-state index in [0.29, 0.717) is 23.1 Å². The van der Waals surface area contributed by atoms with Crippen molar-refractivity contribution in [1.82, 2.24) is 15.5 Å². The fourth-order valence-corrected chi connectivity index (χ4v) is 1.91. The molecule has 0 fully saturated rings. The van der Waals surface area contributed by atoms with Gasteiger partial charge in [0.1, 0.15) is 6.04 Å². The lowest BCUT2D eigenvalue weighted by molar-refractivity contribution is -0.123. The molecule has 0 aliphatic heterocycles. The molecule has 0 saturated heterocycles. The van der Waals surface area contributed by atoms with E-state index in [1.54, 1.807) is 38.1 Å². The molecule has 2 aromatic rings.